The SMILES string of the molecule is COc1ccc(OC)c(N2C(=O)c3cccnc3[C@H]2Nc2ccc(C)cc2)c1. The number of carbonyl (C=O) groups is 1. The Morgan fingerprint density at radius 3 is 2.54 bits per heavy atom. The molecule has 3 aromatic rings. The lowest BCUT2D eigenvalue weighted by Crippen LogP contribution is -2.32. The maximum Gasteiger partial charge on any atom is 0.262 e. The molecule has 0 spiro atoms. The van der Waals surface area contributed by atoms with E-state index in [4.69, 9.17) is 9.47 Å². The van der Waals surface area contributed by atoms with Gasteiger partial charge in [0.15, 0.2) is 6.17 Å². The minimum absolute atomic E-state index is 0.140. The smallest absolute Gasteiger partial charge is 0.262 e. The van der Waals surface area contributed by atoms with E-state index in [2.05, 4.69) is 10.3 Å². The van der Waals surface area contributed by atoms with Crippen molar-refractivity contribution in [2.45, 2.75) is 13.1 Å². The number of benzene rings is 2. The maximum absolute atomic E-state index is 13.3. The number of ether oxygens (including phenoxy) is 2. The van der Waals surface area contributed by atoms with Crippen LogP contribution in [-0.4, -0.2) is 25.1 Å². The summed E-state index contributed by atoms with van der Waals surface area (Å²) >= 11 is 0. The van der Waals surface area contributed by atoms with Crippen molar-refractivity contribution in [1.82, 2.24) is 4.98 Å². The van der Waals surface area contributed by atoms with E-state index in [-0.39, 0.29) is 5.91 Å². The Bertz CT molecular complexity index is 1020. The number of nitrogens with zero attached hydrogens (tertiary/aromatic N) is 2. The number of carbonyl (C=O) groups excluding carboxylic acids is 1. The lowest BCUT2D eigenvalue weighted by Gasteiger charge is -2.28. The van der Waals surface area contributed by atoms with Gasteiger partial charge in [0.1, 0.15) is 11.5 Å². The fourth-order valence-corrected chi connectivity index (χ4v) is 3.36. The van der Waals surface area contributed by atoms with E-state index >= 15 is 0 Å². The zero-order valence-corrected chi connectivity index (χ0v) is 16.0. The number of rotatable bonds is 5. The highest BCUT2D eigenvalue weighted by Crippen LogP contribution is 2.42. The summed E-state index contributed by atoms with van der Waals surface area (Å²) in [6.07, 6.45) is 1.23. The van der Waals surface area contributed by atoms with Crippen LogP contribution in [0.3, 0.4) is 0 Å². The van der Waals surface area contributed by atoms with Crippen LogP contribution in [0.5, 0.6) is 11.5 Å². The fraction of sp³-hybridized carbons (Fsp3) is 0.182. The third kappa shape index (κ3) is 3.03. The zero-order valence-electron chi connectivity index (χ0n) is 16.0. The van der Waals surface area contributed by atoms with Crippen molar-refractivity contribution in [1.29, 1.82) is 0 Å². The molecule has 1 amide bonds. The molecular weight excluding hydrogens is 354 g/mol. The summed E-state index contributed by atoms with van der Waals surface area (Å²) < 4.78 is 10.9. The molecule has 2 aromatic carbocycles. The van der Waals surface area contributed by atoms with Crippen LogP contribution in [0.1, 0.15) is 27.8 Å². The Hall–Kier alpha value is -3.54. The van der Waals surface area contributed by atoms with Crippen molar-refractivity contribution >= 4 is 17.3 Å². The predicted molar refractivity (Wildman–Crippen MR) is 108 cm³/mol. The molecule has 142 valence electrons. The first-order valence-electron chi connectivity index (χ1n) is 8.96. The number of aryl methyl sites for hydroxylation is 1. The molecule has 1 aliphatic rings. The predicted octanol–water partition coefficient (Wildman–Crippen LogP) is 4.18. The summed E-state index contributed by atoms with van der Waals surface area (Å²) in [5.74, 6) is 1.08. The standard InChI is InChI=1S/C22H21N3O3/c1-14-6-8-15(9-7-14)24-21-20-17(5-4-12-23-20)22(26)25(21)18-13-16(27-2)10-11-19(18)28-3/h4-13,21,24H,1-3H3/t21-/m0/s1. The normalized spacial score (nSPS) is 15.3. The number of aromatic nitrogens is 1. The maximum atomic E-state index is 13.3. The monoisotopic (exact) mass is 375 g/mol. The molecule has 0 saturated carbocycles. The van der Waals surface area contributed by atoms with E-state index in [1.807, 2.05) is 31.2 Å². The molecule has 0 aliphatic carbocycles. The molecule has 28 heavy (non-hydrogen) atoms. The molecule has 1 aliphatic heterocycles. The van der Waals surface area contributed by atoms with Gasteiger partial charge in [-0.3, -0.25) is 14.7 Å². The van der Waals surface area contributed by atoms with Crippen molar-refractivity contribution in [3.63, 3.8) is 0 Å². The van der Waals surface area contributed by atoms with Crippen molar-refractivity contribution < 1.29 is 14.3 Å². The van der Waals surface area contributed by atoms with Crippen molar-refractivity contribution in [2.24, 2.45) is 0 Å². The number of hydrogen-bond donors (Lipinski definition) is 1. The lowest BCUT2D eigenvalue weighted by molar-refractivity contribution is 0.0992. The largest absolute Gasteiger partial charge is 0.497 e. The molecule has 6 heteroatoms. The van der Waals surface area contributed by atoms with Gasteiger partial charge in [-0.2, -0.15) is 0 Å². The van der Waals surface area contributed by atoms with Gasteiger partial charge in [-0.05, 0) is 43.3 Å². The third-order valence-electron chi connectivity index (χ3n) is 4.81. The van der Waals surface area contributed by atoms with Crippen LogP contribution in [0.2, 0.25) is 0 Å². The van der Waals surface area contributed by atoms with Gasteiger partial charge in [-0.1, -0.05) is 17.7 Å². The second-order valence-corrected chi connectivity index (χ2v) is 6.56. The van der Waals surface area contributed by atoms with Crippen LogP contribution in [0.25, 0.3) is 0 Å². The molecule has 1 aromatic heterocycles. The summed E-state index contributed by atoms with van der Waals surface area (Å²) in [7, 11) is 3.18. The fourth-order valence-electron chi connectivity index (χ4n) is 3.36. The Morgan fingerprint density at radius 1 is 1.04 bits per heavy atom. The van der Waals surface area contributed by atoms with Gasteiger partial charge in [-0.15, -0.1) is 0 Å². The Labute approximate surface area is 163 Å². The van der Waals surface area contributed by atoms with Crippen LogP contribution in [0, 0.1) is 6.92 Å². The molecule has 2 heterocycles. The number of amides is 1. The van der Waals surface area contributed by atoms with Crippen molar-refractivity contribution in [3.8, 4) is 11.5 Å². The molecule has 1 atom stereocenters. The molecule has 4 rings (SSSR count). The first-order chi connectivity index (χ1) is 13.6. The van der Waals surface area contributed by atoms with Crippen LogP contribution >= 0.6 is 0 Å². The van der Waals surface area contributed by atoms with E-state index in [0.29, 0.717) is 28.4 Å². The molecule has 6 nitrogen and oxygen atoms in total. The van der Waals surface area contributed by atoms with E-state index in [9.17, 15) is 4.79 Å². The van der Waals surface area contributed by atoms with E-state index in [1.54, 1.807) is 55.6 Å². The number of fused-ring (bicyclic) bond motifs is 1. The first kappa shape index (κ1) is 17.9. The number of pyridine rings is 1. The number of anilines is 2. The zero-order chi connectivity index (χ0) is 19.7. The quantitative estimate of drug-likeness (QED) is 0.725. The van der Waals surface area contributed by atoms with Gasteiger partial charge in [0.2, 0.25) is 0 Å². The van der Waals surface area contributed by atoms with Gasteiger partial charge in [0.05, 0.1) is 31.2 Å². The van der Waals surface area contributed by atoms with Crippen LogP contribution < -0.4 is 19.7 Å². The van der Waals surface area contributed by atoms with Crippen LogP contribution in [0.4, 0.5) is 11.4 Å². The highest BCUT2D eigenvalue weighted by molar-refractivity contribution is 6.11. The van der Waals surface area contributed by atoms with Crippen LogP contribution in [-0.2, 0) is 0 Å². The molecule has 0 bridgehead atoms. The van der Waals surface area contributed by atoms with Gasteiger partial charge >= 0.3 is 0 Å². The molecule has 0 unspecified atom stereocenters. The average molecular weight is 375 g/mol. The summed E-state index contributed by atoms with van der Waals surface area (Å²) in [5, 5.41) is 3.44. The average Bonchev–Trinajstić information content (AvgIpc) is 3.01. The Morgan fingerprint density at radius 2 is 1.82 bits per heavy atom. The molecular formula is C22H21N3O3. The molecule has 0 radical (unpaired) electrons. The van der Waals surface area contributed by atoms with Gasteiger partial charge in [0.25, 0.3) is 5.91 Å². The number of hydrogen-bond acceptors (Lipinski definition) is 5. The third-order valence-corrected chi connectivity index (χ3v) is 4.81. The summed E-state index contributed by atoms with van der Waals surface area (Å²) in [6.45, 7) is 2.03. The molecule has 0 saturated heterocycles. The first-order valence-corrected chi connectivity index (χ1v) is 8.96. The van der Waals surface area contributed by atoms with Gasteiger partial charge in [0, 0.05) is 18.0 Å². The molecule has 1 N–H and O–H groups in total. The second-order valence-electron chi connectivity index (χ2n) is 6.56. The summed E-state index contributed by atoms with van der Waals surface area (Å²) in [6, 6.07) is 17.0. The minimum atomic E-state index is -0.465. The van der Waals surface area contributed by atoms with Crippen molar-refractivity contribution in [3.05, 3.63) is 77.6 Å². The van der Waals surface area contributed by atoms with Crippen molar-refractivity contribution in [2.75, 3.05) is 24.4 Å². The summed E-state index contributed by atoms with van der Waals surface area (Å²) in [4.78, 5) is 19.4. The van der Waals surface area contributed by atoms with E-state index in [0.717, 1.165) is 11.3 Å². The van der Waals surface area contributed by atoms with Crippen LogP contribution in [0.15, 0.2) is 60.8 Å². The van der Waals surface area contributed by atoms with E-state index in [1.165, 1.54) is 0 Å². The Balaban J connectivity index is 1.83. The highest BCUT2D eigenvalue weighted by atomic mass is 16.5. The minimum Gasteiger partial charge on any atom is -0.497 e. The number of methoxy groups -OCH3 is 2. The molecule has 0 fully saturated rings. The number of nitrogens with one attached hydrogen (secondary N) is 1. The topological polar surface area (TPSA) is 63.7 Å². The lowest BCUT2D eigenvalue weighted by atomic mass is 10.2. The Kier molecular flexibility index (Phi) is 4.61. The summed E-state index contributed by atoms with van der Waals surface area (Å²) in [5.41, 5.74) is 3.93. The second kappa shape index (κ2) is 7.23. The highest BCUT2D eigenvalue weighted by Gasteiger charge is 2.40. The van der Waals surface area contributed by atoms with E-state index < -0.39 is 6.17 Å². The van der Waals surface area contributed by atoms with Gasteiger partial charge in [-0.25, -0.2) is 0 Å². The van der Waals surface area contributed by atoms with Gasteiger partial charge < -0.3 is 14.8 Å².